The topological polar surface area (TPSA) is 6.48 Å². The van der Waals surface area contributed by atoms with Gasteiger partial charge in [0.1, 0.15) is 0 Å². The predicted molar refractivity (Wildman–Crippen MR) is 78.6 cm³/mol. The van der Waals surface area contributed by atoms with E-state index in [1.54, 1.807) is 0 Å². The first kappa shape index (κ1) is 16.9. The molecule has 0 saturated heterocycles. The molecule has 0 aliphatic rings. The summed E-state index contributed by atoms with van der Waals surface area (Å²) in [5, 5.41) is 0. The highest BCUT2D eigenvalue weighted by atomic mass is 15.1. The predicted octanol–water partition coefficient (Wildman–Crippen LogP) is 3.47. The third-order valence-electron chi connectivity index (χ3n) is 3.51. The molecule has 0 amide bonds. The van der Waals surface area contributed by atoms with Crippen molar-refractivity contribution in [3.63, 3.8) is 0 Å². The second-order valence-electron chi connectivity index (χ2n) is 5.77. The van der Waals surface area contributed by atoms with Crippen molar-refractivity contribution in [2.24, 2.45) is 5.92 Å². The van der Waals surface area contributed by atoms with Crippen molar-refractivity contribution in [3.8, 4) is 0 Å². The van der Waals surface area contributed by atoms with Gasteiger partial charge in [0, 0.05) is 12.6 Å². The van der Waals surface area contributed by atoms with Gasteiger partial charge in [0.2, 0.25) is 0 Å². The van der Waals surface area contributed by atoms with Gasteiger partial charge in [0.15, 0.2) is 0 Å². The summed E-state index contributed by atoms with van der Waals surface area (Å²) >= 11 is 0. The Hall–Kier alpha value is -0.0800. The van der Waals surface area contributed by atoms with Gasteiger partial charge in [0.25, 0.3) is 0 Å². The molecule has 17 heavy (non-hydrogen) atoms. The van der Waals surface area contributed by atoms with Gasteiger partial charge in [-0.3, -0.25) is 0 Å². The lowest BCUT2D eigenvalue weighted by atomic mass is 10.1. The van der Waals surface area contributed by atoms with E-state index in [4.69, 9.17) is 0 Å². The van der Waals surface area contributed by atoms with Crippen molar-refractivity contribution >= 4 is 0 Å². The first-order valence-corrected chi connectivity index (χ1v) is 7.43. The summed E-state index contributed by atoms with van der Waals surface area (Å²) in [6.45, 7) is 16.5. The normalized spacial score (nSPS) is 13.9. The molecule has 0 heterocycles. The number of hydrogen-bond acceptors (Lipinski definition) is 2. The van der Waals surface area contributed by atoms with Crippen LogP contribution in [0.3, 0.4) is 0 Å². The molecular weight excluding hydrogens is 208 g/mol. The van der Waals surface area contributed by atoms with Crippen molar-refractivity contribution in [2.45, 2.75) is 59.9 Å². The second kappa shape index (κ2) is 9.90. The number of nitrogens with zero attached hydrogens (tertiary/aromatic N) is 2. The minimum Gasteiger partial charge on any atom is -0.304 e. The van der Waals surface area contributed by atoms with E-state index in [-0.39, 0.29) is 0 Å². The lowest BCUT2D eigenvalue weighted by Gasteiger charge is -2.27. The Morgan fingerprint density at radius 2 is 1.41 bits per heavy atom. The molecule has 2 nitrogen and oxygen atoms in total. The first-order valence-electron chi connectivity index (χ1n) is 7.43. The third-order valence-corrected chi connectivity index (χ3v) is 3.51. The van der Waals surface area contributed by atoms with Crippen molar-refractivity contribution in [1.29, 1.82) is 0 Å². The SMILES string of the molecule is CCCN(CCC)CC(C)CCN(C)C(C)C. The van der Waals surface area contributed by atoms with Crippen LogP contribution in [-0.2, 0) is 0 Å². The van der Waals surface area contributed by atoms with E-state index in [1.165, 1.54) is 45.4 Å². The van der Waals surface area contributed by atoms with Crippen molar-refractivity contribution in [1.82, 2.24) is 9.80 Å². The highest BCUT2D eigenvalue weighted by molar-refractivity contribution is 4.65. The molecule has 0 N–H and O–H groups in total. The lowest BCUT2D eigenvalue weighted by molar-refractivity contribution is 0.206. The Balaban J connectivity index is 3.84. The molecule has 0 aromatic carbocycles. The van der Waals surface area contributed by atoms with Crippen LogP contribution in [0.15, 0.2) is 0 Å². The smallest absolute Gasteiger partial charge is 0.00355 e. The van der Waals surface area contributed by atoms with Crippen LogP contribution >= 0.6 is 0 Å². The van der Waals surface area contributed by atoms with Crippen LogP contribution in [0.1, 0.15) is 53.9 Å². The molecule has 1 unspecified atom stereocenters. The zero-order valence-corrected chi connectivity index (χ0v) is 13.0. The summed E-state index contributed by atoms with van der Waals surface area (Å²) in [7, 11) is 2.23. The van der Waals surface area contributed by atoms with Crippen molar-refractivity contribution in [2.75, 3.05) is 33.2 Å². The molecule has 0 aromatic rings. The van der Waals surface area contributed by atoms with Crippen LogP contribution in [0.4, 0.5) is 0 Å². The molecule has 0 aromatic heterocycles. The Bertz CT molecular complexity index is 162. The highest BCUT2D eigenvalue weighted by Crippen LogP contribution is 2.08. The number of rotatable bonds is 10. The molecule has 0 aliphatic heterocycles. The van der Waals surface area contributed by atoms with Gasteiger partial charge < -0.3 is 9.80 Å². The molecule has 0 fully saturated rings. The Morgan fingerprint density at radius 3 is 1.82 bits per heavy atom. The average Bonchev–Trinajstić information content (AvgIpc) is 2.26. The van der Waals surface area contributed by atoms with E-state index in [0.29, 0.717) is 6.04 Å². The van der Waals surface area contributed by atoms with Crippen molar-refractivity contribution < 1.29 is 0 Å². The fourth-order valence-corrected chi connectivity index (χ4v) is 2.14. The van der Waals surface area contributed by atoms with Gasteiger partial charge in [-0.05, 0) is 65.7 Å². The summed E-state index contributed by atoms with van der Waals surface area (Å²) in [5.41, 5.74) is 0. The first-order chi connectivity index (χ1) is 8.01. The van der Waals surface area contributed by atoms with Gasteiger partial charge in [-0.2, -0.15) is 0 Å². The van der Waals surface area contributed by atoms with Crippen LogP contribution in [-0.4, -0.2) is 49.1 Å². The number of hydrogen-bond donors (Lipinski definition) is 0. The summed E-state index contributed by atoms with van der Waals surface area (Å²) < 4.78 is 0. The second-order valence-corrected chi connectivity index (χ2v) is 5.77. The van der Waals surface area contributed by atoms with Gasteiger partial charge in [0.05, 0.1) is 0 Å². The van der Waals surface area contributed by atoms with Gasteiger partial charge in [-0.25, -0.2) is 0 Å². The quantitative estimate of drug-likeness (QED) is 0.579. The molecular formula is C15H34N2. The molecule has 0 aliphatic carbocycles. The van der Waals surface area contributed by atoms with Crippen LogP contribution in [0, 0.1) is 5.92 Å². The minimum atomic E-state index is 0.671. The maximum absolute atomic E-state index is 2.63. The zero-order valence-electron chi connectivity index (χ0n) is 13.0. The van der Waals surface area contributed by atoms with E-state index in [1.807, 2.05) is 0 Å². The van der Waals surface area contributed by atoms with Gasteiger partial charge in [-0.15, -0.1) is 0 Å². The lowest BCUT2D eigenvalue weighted by Crippen LogP contribution is -2.33. The Kier molecular flexibility index (Phi) is 9.85. The van der Waals surface area contributed by atoms with Crippen LogP contribution < -0.4 is 0 Å². The third kappa shape index (κ3) is 8.62. The standard InChI is InChI=1S/C15H34N2/c1-7-10-17(11-8-2)13-15(5)9-12-16(6)14(3)4/h14-15H,7-13H2,1-6H3. The van der Waals surface area contributed by atoms with Gasteiger partial charge in [-0.1, -0.05) is 20.8 Å². The van der Waals surface area contributed by atoms with Crippen LogP contribution in [0.5, 0.6) is 0 Å². The molecule has 0 bridgehead atoms. The molecule has 0 spiro atoms. The zero-order chi connectivity index (χ0) is 13.3. The Labute approximate surface area is 109 Å². The fourth-order valence-electron chi connectivity index (χ4n) is 2.14. The molecule has 0 rings (SSSR count). The summed E-state index contributed by atoms with van der Waals surface area (Å²) in [5.74, 6) is 0.814. The van der Waals surface area contributed by atoms with E-state index in [0.717, 1.165) is 5.92 Å². The van der Waals surface area contributed by atoms with Crippen LogP contribution in [0.25, 0.3) is 0 Å². The van der Waals surface area contributed by atoms with E-state index in [2.05, 4.69) is 51.5 Å². The van der Waals surface area contributed by atoms with E-state index >= 15 is 0 Å². The molecule has 0 saturated carbocycles. The fraction of sp³-hybridized carbons (Fsp3) is 1.00. The summed E-state index contributed by atoms with van der Waals surface area (Å²) in [6.07, 6.45) is 3.87. The van der Waals surface area contributed by atoms with E-state index in [9.17, 15) is 0 Å². The molecule has 1 atom stereocenters. The molecule has 0 radical (unpaired) electrons. The highest BCUT2D eigenvalue weighted by Gasteiger charge is 2.10. The summed E-state index contributed by atoms with van der Waals surface area (Å²) in [6, 6.07) is 0.671. The summed E-state index contributed by atoms with van der Waals surface area (Å²) in [4.78, 5) is 5.07. The van der Waals surface area contributed by atoms with Gasteiger partial charge >= 0.3 is 0 Å². The molecule has 104 valence electrons. The minimum absolute atomic E-state index is 0.671. The maximum Gasteiger partial charge on any atom is 0.00355 e. The van der Waals surface area contributed by atoms with Crippen LogP contribution in [0.2, 0.25) is 0 Å². The average molecular weight is 242 g/mol. The monoisotopic (exact) mass is 242 g/mol. The van der Waals surface area contributed by atoms with Crippen molar-refractivity contribution in [3.05, 3.63) is 0 Å². The van der Waals surface area contributed by atoms with E-state index < -0.39 is 0 Å². The maximum atomic E-state index is 2.63. The molecule has 2 heteroatoms. The largest absolute Gasteiger partial charge is 0.304 e. The Morgan fingerprint density at radius 1 is 0.882 bits per heavy atom.